The van der Waals surface area contributed by atoms with Crippen LogP contribution in [0, 0.1) is 0 Å². The highest BCUT2D eigenvalue weighted by atomic mass is 16.7. The summed E-state index contributed by atoms with van der Waals surface area (Å²) in [4.78, 5) is 0. The average molecular weight is 240 g/mol. The Bertz CT molecular complexity index is 447. The van der Waals surface area contributed by atoms with E-state index in [1.807, 2.05) is 0 Å². The van der Waals surface area contributed by atoms with Gasteiger partial charge in [0.15, 0.2) is 17.3 Å². The summed E-state index contributed by atoms with van der Waals surface area (Å²) >= 11 is 0. The summed E-state index contributed by atoms with van der Waals surface area (Å²) in [6.45, 7) is 0.120. The first kappa shape index (κ1) is 11.2. The third-order valence-corrected chi connectivity index (χ3v) is 2.15. The fourth-order valence-corrected chi connectivity index (χ4v) is 1.38. The Hall–Kier alpha value is -2.31. The smallest absolute Gasteiger partial charge is 0.231 e. The molecule has 1 aromatic carbocycles. The van der Waals surface area contributed by atoms with Crippen LogP contribution in [0.15, 0.2) is 17.3 Å². The molecule has 92 valence electrons. The summed E-state index contributed by atoms with van der Waals surface area (Å²) in [6.07, 6.45) is 0. The lowest BCUT2D eigenvalue weighted by Gasteiger charge is -2.09. The number of oxime groups is 1. The van der Waals surface area contributed by atoms with Crippen LogP contribution in [-0.2, 0) is 0 Å². The van der Waals surface area contributed by atoms with Gasteiger partial charge in [0, 0.05) is 12.1 Å². The Morgan fingerprint density at radius 1 is 1.53 bits per heavy atom. The van der Waals surface area contributed by atoms with Crippen molar-refractivity contribution in [3.63, 3.8) is 0 Å². The highest BCUT2D eigenvalue weighted by Gasteiger charge is 2.20. The molecule has 0 atom stereocenters. The number of methoxy groups -OCH3 is 1. The van der Waals surface area contributed by atoms with Crippen molar-refractivity contribution in [3.8, 4) is 23.0 Å². The maximum absolute atomic E-state index is 8.38. The van der Waals surface area contributed by atoms with Crippen molar-refractivity contribution < 1.29 is 24.2 Å². The molecule has 1 aromatic rings. The molecular weight excluding hydrogens is 228 g/mol. The van der Waals surface area contributed by atoms with Crippen molar-refractivity contribution in [2.24, 2.45) is 10.9 Å². The maximum atomic E-state index is 8.38. The van der Waals surface area contributed by atoms with Crippen LogP contribution < -0.4 is 24.7 Å². The molecule has 0 aliphatic carbocycles. The van der Waals surface area contributed by atoms with Gasteiger partial charge in [0.05, 0.1) is 7.11 Å². The minimum atomic E-state index is -0.0285. The van der Waals surface area contributed by atoms with Gasteiger partial charge in [0.2, 0.25) is 12.5 Å². The van der Waals surface area contributed by atoms with Gasteiger partial charge in [0.1, 0.15) is 12.4 Å². The highest BCUT2D eigenvalue weighted by Crippen LogP contribution is 2.43. The largest absolute Gasteiger partial charge is 0.493 e. The van der Waals surface area contributed by atoms with E-state index < -0.39 is 0 Å². The van der Waals surface area contributed by atoms with Crippen LogP contribution in [0.2, 0.25) is 0 Å². The van der Waals surface area contributed by atoms with Crippen LogP contribution in [0.1, 0.15) is 0 Å². The highest BCUT2D eigenvalue weighted by molar-refractivity contribution is 5.81. The summed E-state index contributed by atoms with van der Waals surface area (Å²) in [5.74, 6) is 2.05. The van der Waals surface area contributed by atoms with E-state index in [0.29, 0.717) is 23.0 Å². The third-order valence-electron chi connectivity index (χ3n) is 2.15. The Morgan fingerprint density at radius 3 is 3.06 bits per heavy atom. The summed E-state index contributed by atoms with van der Waals surface area (Å²) in [5, 5.41) is 11.2. The van der Waals surface area contributed by atoms with Gasteiger partial charge in [-0.15, -0.1) is 0 Å². The molecule has 1 aliphatic rings. The molecule has 0 aromatic heterocycles. The van der Waals surface area contributed by atoms with E-state index in [1.165, 1.54) is 7.11 Å². The molecule has 1 aliphatic heterocycles. The summed E-state index contributed by atoms with van der Waals surface area (Å²) in [6, 6.07) is 3.29. The number of nitrogens with zero attached hydrogens (tertiary/aromatic N) is 1. The molecule has 0 spiro atoms. The molecule has 1 heterocycles. The second kappa shape index (κ2) is 4.69. The van der Waals surface area contributed by atoms with Crippen molar-refractivity contribution in [1.82, 2.24) is 0 Å². The molecule has 0 fully saturated rings. The molecule has 0 bridgehead atoms. The van der Waals surface area contributed by atoms with Gasteiger partial charge in [-0.1, -0.05) is 5.16 Å². The van der Waals surface area contributed by atoms with Crippen LogP contribution in [0.3, 0.4) is 0 Å². The predicted octanol–water partition coefficient (Wildman–Crippen LogP) is 0.549. The van der Waals surface area contributed by atoms with E-state index in [1.54, 1.807) is 12.1 Å². The van der Waals surface area contributed by atoms with Crippen molar-refractivity contribution in [2.75, 3.05) is 20.5 Å². The summed E-state index contributed by atoms with van der Waals surface area (Å²) < 4.78 is 20.9. The Labute approximate surface area is 97.3 Å². The van der Waals surface area contributed by atoms with Crippen LogP contribution in [0.5, 0.6) is 23.0 Å². The number of nitrogens with two attached hydrogens (primary N) is 1. The van der Waals surface area contributed by atoms with Gasteiger partial charge in [-0.05, 0) is 0 Å². The lowest BCUT2D eigenvalue weighted by Crippen LogP contribution is -2.20. The van der Waals surface area contributed by atoms with Crippen molar-refractivity contribution in [1.29, 1.82) is 0 Å². The molecule has 3 N–H and O–H groups in total. The maximum Gasteiger partial charge on any atom is 0.231 e. The first-order valence-corrected chi connectivity index (χ1v) is 4.81. The first-order chi connectivity index (χ1) is 8.24. The van der Waals surface area contributed by atoms with Crippen LogP contribution in [0.4, 0.5) is 0 Å². The van der Waals surface area contributed by atoms with E-state index in [4.69, 9.17) is 29.9 Å². The Kier molecular flexibility index (Phi) is 3.08. The molecule has 0 unspecified atom stereocenters. The lowest BCUT2D eigenvalue weighted by molar-refractivity contribution is 0.171. The topological polar surface area (TPSA) is 95.5 Å². The predicted molar refractivity (Wildman–Crippen MR) is 58.0 cm³/mol. The minimum Gasteiger partial charge on any atom is -0.493 e. The number of amidine groups is 1. The normalized spacial score (nSPS) is 13.6. The van der Waals surface area contributed by atoms with Crippen molar-refractivity contribution in [3.05, 3.63) is 12.1 Å². The molecule has 2 rings (SSSR count). The monoisotopic (exact) mass is 240 g/mol. The summed E-state index contributed by atoms with van der Waals surface area (Å²) in [7, 11) is 1.52. The molecule has 0 saturated heterocycles. The Morgan fingerprint density at radius 2 is 2.35 bits per heavy atom. The van der Waals surface area contributed by atoms with E-state index in [0.717, 1.165) is 0 Å². The molecule has 17 heavy (non-hydrogen) atoms. The number of fused-ring (bicyclic) bond motifs is 1. The van der Waals surface area contributed by atoms with Gasteiger partial charge in [0.25, 0.3) is 0 Å². The number of ether oxygens (including phenoxy) is 4. The lowest BCUT2D eigenvalue weighted by atomic mass is 10.3. The quantitative estimate of drug-likeness (QED) is 0.345. The zero-order chi connectivity index (χ0) is 12.3. The van der Waals surface area contributed by atoms with E-state index >= 15 is 0 Å². The number of rotatable bonds is 4. The van der Waals surface area contributed by atoms with Gasteiger partial charge >= 0.3 is 0 Å². The van der Waals surface area contributed by atoms with E-state index in [2.05, 4.69) is 5.16 Å². The summed E-state index contributed by atoms with van der Waals surface area (Å²) in [5.41, 5.74) is 5.29. The van der Waals surface area contributed by atoms with Gasteiger partial charge in [-0.25, -0.2) is 0 Å². The van der Waals surface area contributed by atoms with Gasteiger partial charge in [-0.2, -0.15) is 0 Å². The number of hydrogen-bond acceptors (Lipinski definition) is 6. The van der Waals surface area contributed by atoms with Gasteiger partial charge < -0.3 is 29.9 Å². The third kappa shape index (κ3) is 2.27. The van der Waals surface area contributed by atoms with Crippen LogP contribution in [-0.4, -0.2) is 31.6 Å². The zero-order valence-electron chi connectivity index (χ0n) is 9.17. The van der Waals surface area contributed by atoms with E-state index in [-0.39, 0.29) is 19.2 Å². The second-order valence-electron chi connectivity index (χ2n) is 3.24. The standard InChI is InChI=1S/C10H12N2O5/c1-14-7-2-6(15-4-9(11)12-13)3-8-10(7)17-5-16-8/h2-3,13H,4-5H2,1H3,(H2,11,12). The minimum absolute atomic E-state index is 0.0263. The fourth-order valence-electron chi connectivity index (χ4n) is 1.38. The van der Waals surface area contributed by atoms with E-state index in [9.17, 15) is 0 Å². The van der Waals surface area contributed by atoms with Gasteiger partial charge in [-0.3, -0.25) is 0 Å². The molecule has 7 heteroatoms. The van der Waals surface area contributed by atoms with Crippen molar-refractivity contribution in [2.45, 2.75) is 0 Å². The molecule has 7 nitrogen and oxygen atoms in total. The number of hydrogen-bond donors (Lipinski definition) is 2. The molecule has 0 radical (unpaired) electrons. The molecule has 0 amide bonds. The van der Waals surface area contributed by atoms with Crippen LogP contribution in [0.25, 0.3) is 0 Å². The van der Waals surface area contributed by atoms with Crippen molar-refractivity contribution >= 4 is 5.84 Å². The average Bonchev–Trinajstić information content (AvgIpc) is 2.82. The SMILES string of the molecule is COc1cc(OCC(N)=NO)cc2c1OCO2. The first-order valence-electron chi connectivity index (χ1n) is 4.81. The van der Waals surface area contributed by atoms with Crippen LogP contribution >= 0.6 is 0 Å². The second-order valence-corrected chi connectivity index (χ2v) is 3.24. The number of benzene rings is 1. The fraction of sp³-hybridized carbons (Fsp3) is 0.300. The molecular formula is C10H12N2O5. The Balaban J connectivity index is 2.19. The zero-order valence-corrected chi connectivity index (χ0v) is 9.17. The molecule has 0 saturated carbocycles.